The van der Waals surface area contributed by atoms with Gasteiger partial charge >= 0.3 is 0 Å². The molecule has 0 radical (unpaired) electrons. The van der Waals surface area contributed by atoms with Crippen LogP contribution < -0.4 is 62.2 Å². The summed E-state index contributed by atoms with van der Waals surface area (Å²) < 4.78 is 0. The van der Waals surface area contributed by atoms with E-state index in [1.165, 1.54) is 27.2 Å². The van der Waals surface area contributed by atoms with Crippen molar-refractivity contribution in [2.24, 2.45) is 61.6 Å². The summed E-state index contributed by atoms with van der Waals surface area (Å²) >= 11 is 0. The lowest BCUT2D eigenvalue weighted by Crippen LogP contribution is -2.56. The zero-order valence-corrected chi connectivity index (χ0v) is 37.8. The molecule has 0 aliphatic rings. The second kappa shape index (κ2) is 33.4. The number of imidazole rings is 1. The molecule has 0 saturated carbocycles. The molecule has 1 rings (SSSR count). The van der Waals surface area contributed by atoms with Gasteiger partial charge in [-0.05, 0) is 70.9 Å². The summed E-state index contributed by atoms with van der Waals surface area (Å²) in [4.78, 5) is 112. The van der Waals surface area contributed by atoms with E-state index in [0.717, 1.165) is 0 Å². The molecule has 25 nitrogen and oxygen atoms in total. The molecular weight excluding hydrogens is 845 g/mol. The monoisotopic (exact) mass is 921 g/mol. The molecule has 0 fully saturated rings. The Labute approximate surface area is 381 Å². The Bertz CT molecular complexity index is 1650. The van der Waals surface area contributed by atoms with Crippen LogP contribution in [-0.4, -0.2) is 162 Å². The van der Waals surface area contributed by atoms with Crippen LogP contribution in [0.5, 0.6) is 0 Å². The van der Waals surface area contributed by atoms with Gasteiger partial charge in [0.25, 0.3) is 0 Å². The van der Waals surface area contributed by atoms with Gasteiger partial charge < -0.3 is 81.9 Å². The smallest absolute Gasteiger partial charge is 0.243 e. The van der Waals surface area contributed by atoms with E-state index in [2.05, 4.69) is 30.6 Å². The van der Waals surface area contributed by atoms with Gasteiger partial charge in [0.05, 0.1) is 6.33 Å². The van der Waals surface area contributed by atoms with Crippen molar-refractivity contribution in [1.29, 1.82) is 0 Å². The first-order valence-electron chi connectivity index (χ1n) is 22.3. The van der Waals surface area contributed by atoms with Gasteiger partial charge in [0.2, 0.25) is 41.4 Å². The third-order valence-corrected chi connectivity index (χ3v) is 10.3. The molecule has 3 unspecified atom stereocenters. The number of rotatable bonds is 37. The Morgan fingerprint density at radius 3 is 1.60 bits per heavy atom. The molecule has 21 N–H and O–H groups in total. The molecular formula is C40H76N18O7. The number of aromatic amines is 1. The number of hydrogen-bond acceptors (Lipinski definition) is 13. The lowest BCUT2D eigenvalue weighted by atomic mass is 10.1. The number of nitrogens with two attached hydrogens (primary N) is 9. The highest BCUT2D eigenvalue weighted by Crippen LogP contribution is 2.16. The Kier molecular flexibility index (Phi) is 29.3. The number of hydrogen-bond donors (Lipinski definition) is 12. The van der Waals surface area contributed by atoms with Crippen molar-refractivity contribution >= 4 is 53.3 Å². The van der Waals surface area contributed by atoms with Gasteiger partial charge in [-0.3, -0.25) is 43.5 Å². The van der Waals surface area contributed by atoms with Gasteiger partial charge in [-0.1, -0.05) is 6.42 Å². The third kappa shape index (κ3) is 24.0. The second-order valence-corrected chi connectivity index (χ2v) is 15.4. The fourth-order valence-electron chi connectivity index (χ4n) is 7.00. The molecule has 65 heavy (non-hydrogen) atoms. The van der Waals surface area contributed by atoms with Crippen LogP contribution in [0.15, 0.2) is 22.5 Å². The average Bonchev–Trinajstić information content (AvgIpc) is 3.78. The average molecular weight is 921 g/mol. The Morgan fingerprint density at radius 1 is 0.569 bits per heavy atom. The van der Waals surface area contributed by atoms with Gasteiger partial charge in [-0.2, -0.15) is 0 Å². The summed E-state index contributed by atoms with van der Waals surface area (Å²) in [6.45, 7) is 0.880. The van der Waals surface area contributed by atoms with Gasteiger partial charge in [-0.15, -0.1) is 0 Å². The van der Waals surface area contributed by atoms with E-state index in [1.54, 1.807) is 0 Å². The maximum atomic E-state index is 14.3. The van der Waals surface area contributed by atoms with Crippen molar-refractivity contribution in [3.63, 3.8) is 0 Å². The number of nitrogens with zero attached hydrogens (tertiary/aromatic N) is 6. The number of guanidine groups is 2. The molecule has 1 aromatic heterocycles. The van der Waals surface area contributed by atoms with Crippen molar-refractivity contribution in [2.75, 3.05) is 65.4 Å². The third-order valence-electron chi connectivity index (χ3n) is 10.3. The zero-order chi connectivity index (χ0) is 48.6. The molecule has 0 aliphatic heterocycles. The number of primary amides is 2. The molecule has 0 bridgehead atoms. The minimum absolute atomic E-state index is 0.00181. The van der Waals surface area contributed by atoms with Crippen LogP contribution in [0.3, 0.4) is 0 Å². The standard InChI is InChI=1S/C40H76N18O7/c41-15-5-1-2-11-34(61)58(24-21-51-37(64)30(10-8-19-54-40(48)49)56(22-17-43)35(62)14-13-32(44)59)31(25-28-26-50-27-55-28)38(65)52-20-23-57(29(36(45)63)9-3-6-16-42)33(60)12-4-7-18-53-39(46)47/h26-27,29-31H,1-25,41-43H2,(H2,44,59)(H2,45,63)(H,50,55)(H,51,64)(H,52,65)(H4,46,47,53)(H4,48,49,54). The first-order valence-corrected chi connectivity index (χ1v) is 22.3. The van der Waals surface area contributed by atoms with E-state index in [-0.39, 0.29) is 114 Å². The molecule has 1 aromatic rings. The molecule has 0 aliphatic carbocycles. The van der Waals surface area contributed by atoms with Crippen LogP contribution in [0.1, 0.15) is 95.6 Å². The topological polar surface area (TPSA) is 441 Å². The Hall–Kier alpha value is -6.08. The van der Waals surface area contributed by atoms with Gasteiger partial charge in [0.1, 0.15) is 18.1 Å². The SMILES string of the molecule is NCCCCCC(=O)N(CCNC(=O)C(CCCN=C(N)N)N(CCN)C(=O)CCC(N)=O)C(Cc1cnc[nH]1)C(=O)NCCN(C(=O)CCCCN=C(N)N)C(CCCCN)C(N)=O. The fraction of sp³-hybridized carbons (Fsp3) is 0.700. The lowest BCUT2D eigenvalue weighted by molar-refractivity contribution is -0.142. The van der Waals surface area contributed by atoms with Gasteiger partial charge in [-0.25, -0.2) is 4.98 Å². The predicted octanol–water partition coefficient (Wildman–Crippen LogP) is -4.37. The van der Waals surface area contributed by atoms with Crippen LogP contribution >= 0.6 is 0 Å². The number of nitrogens with one attached hydrogen (secondary N) is 3. The van der Waals surface area contributed by atoms with Crippen LogP contribution in [0.2, 0.25) is 0 Å². The van der Waals surface area contributed by atoms with Crippen LogP contribution in [-0.2, 0) is 40.0 Å². The van der Waals surface area contributed by atoms with E-state index in [1.807, 2.05) is 0 Å². The van der Waals surface area contributed by atoms with Gasteiger partial charge in [0, 0.05) is 96.4 Å². The molecule has 25 heteroatoms. The van der Waals surface area contributed by atoms with Crippen LogP contribution in [0.4, 0.5) is 0 Å². The number of amides is 7. The Balaban J connectivity index is 3.47. The summed E-state index contributed by atoms with van der Waals surface area (Å²) in [5.74, 6) is -3.98. The molecule has 3 atom stereocenters. The van der Waals surface area contributed by atoms with Crippen molar-refractivity contribution in [1.82, 2.24) is 35.3 Å². The molecule has 0 aromatic carbocycles. The summed E-state index contributed by atoms with van der Waals surface area (Å²) in [6.07, 6.45) is 7.22. The van der Waals surface area contributed by atoms with Crippen molar-refractivity contribution in [3.05, 3.63) is 18.2 Å². The maximum Gasteiger partial charge on any atom is 0.243 e. The summed E-state index contributed by atoms with van der Waals surface area (Å²) in [7, 11) is 0. The number of aromatic nitrogens is 2. The second-order valence-electron chi connectivity index (χ2n) is 15.4. The maximum absolute atomic E-state index is 14.3. The lowest BCUT2D eigenvalue weighted by Gasteiger charge is -2.33. The first-order chi connectivity index (χ1) is 31.1. The van der Waals surface area contributed by atoms with E-state index in [0.29, 0.717) is 76.7 Å². The highest BCUT2D eigenvalue weighted by molar-refractivity contribution is 5.90. The largest absolute Gasteiger partial charge is 0.370 e. The highest BCUT2D eigenvalue weighted by Gasteiger charge is 2.33. The van der Waals surface area contributed by atoms with Crippen molar-refractivity contribution in [3.8, 4) is 0 Å². The van der Waals surface area contributed by atoms with E-state index in [4.69, 9.17) is 51.6 Å². The van der Waals surface area contributed by atoms with Crippen LogP contribution in [0.25, 0.3) is 0 Å². The Morgan fingerprint density at radius 2 is 1.08 bits per heavy atom. The summed E-state index contributed by atoms with van der Waals surface area (Å²) in [5.41, 5.74) is 50.6. The number of H-pyrrole nitrogens is 1. The summed E-state index contributed by atoms with van der Waals surface area (Å²) in [5, 5.41) is 5.68. The molecule has 0 spiro atoms. The van der Waals surface area contributed by atoms with E-state index < -0.39 is 47.7 Å². The van der Waals surface area contributed by atoms with Crippen molar-refractivity contribution in [2.45, 2.75) is 114 Å². The highest BCUT2D eigenvalue weighted by atomic mass is 16.2. The number of unbranched alkanes of at least 4 members (excludes halogenated alkanes) is 4. The fourth-order valence-corrected chi connectivity index (χ4v) is 7.00. The summed E-state index contributed by atoms with van der Waals surface area (Å²) in [6, 6.07) is -3.15. The van der Waals surface area contributed by atoms with Gasteiger partial charge in [0.15, 0.2) is 11.9 Å². The predicted molar refractivity (Wildman–Crippen MR) is 246 cm³/mol. The quantitative estimate of drug-likeness (QED) is 0.0170. The normalized spacial score (nSPS) is 12.2. The van der Waals surface area contributed by atoms with E-state index in [9.17, 15) is 33.6 Å². The molecule has 368 valence electrons. The molecule has 7 amide bonds. The first kappa shape index (κ1) is 56.9. The number of carbonyl (C=O) groups is 7. The van der Waals surface area contributed by atoms with Crippen molar-refractivity contribution < 1.29 is 33.6 Å². The molecule has 1 heterocycles. The minimum atomic E-state index is -1.13. The minimum Gasteiger partial charge on any atom is -0.370 e. The molecule has 0 saturated heterocycles. The zero-order valence-electron chi connectivity index (χ0n) is 37.8. The van der Waals surface area contributed by atoms with E-state index >= 15 is 0 Å². The number of carbonyl (C=O) groups excluding carboxylic acids is 7. The number of aliphatic imine (C=N–C) groups is 2. The van der Waals surface area contributed by atoms with Crippen LogP contribution in [0, 0.1) is 0 Å².